The minimum Gasteiger partial charge on any atom is -0.309 e. The van der Waals surface area contributed by atoms with Crippen molar-refractivity contribution < 1.29 is 4.39 Å². The van der Waals surface area contributed by atoms with Crippen LogP contribution in [0.3, 0.4) is 0 Å². The Balaban J connectivity index is 1.94. The van der Waals surface area contributed by atoms with E-state index in [1.54, 1.807) is 0 Å². The quantitative estimate of drug-likeness (QED) is 0.792. The lowest BCUT2D eigenvalue weighted by atomic mass is 9.88. The first-order chi connectivity index (χ1) is 8.63. The van der Waals surface area contributed by atoms with Gasteiger partial charge in [0.05, 0.1) is 6.67 Å². The monoisotopic (exact) mass is 250 g/mol. The molecular weight excluding hydrogens is 227 g/mol. The van der Waals surface area contributed by atoms with E-state index >= 15 is 0 Å². The predicted octanol–water partition coefficient (Wildman–Crippen LogP) is 2.41. The normalized spacial score (nSPS) is 24.9. The minimum absolute atomic E-state index is 0.154. The van der Waals surface area contributed by atoms with Gasteiger partial charge in [0.1, 0.15) is 0 Å². The molecule has 0 aromatic heterocycles. The summed E-state index contributed by atoms with van der Waals surface area (Å²) in [6.07, 6.45) is 0.967. The highest BCUT2D eigenvalue weighted by Crippen LogP contribution is 2.32. The standard InChI is InChI=1S/C15H23FN2/c1-17(2)12-15(11-16)8-9-18(13-15)10-14-6-4-3-5-7-14/h3-7H,8-13H2,1-2H3. The number of halogens is 1. The molecule has 3 heteroatoms. The summed E-state index contributed by atoms with van der Waals surface area (Å²) in [4.78, 5) is 4.48. The van der Waals surface area contributed by atoms with Crippen molar-refractivity contribution in [2.45, 2.75) is 13.0 Å². The van der Waals surface area contributed by atoms with E-state index in [0.29, 0.717) is 0 Å². The Morgan fingerprint density at radius 3 is 2.61 bits per heavy atom. The van der Waals surface area contributed by atoms with Gasteiger partial charge in [-0.15, -0.1) is 0 Å². The Kier molecular flexibility index (Phi) is 4.36. The zero-order valence-electron chi connectivity index (χ0n) is 11.4. The molecule has 2 rings (SSSR count). The molecule has 0 spiro atoms. The lowest BCUT2D eigenvalue weighted by molar-refractivity contribution is 0.148. The van der Waals surface area contributed by atoms with Crippen LogP contribution in [0.1, 0.15) is 12.0 Å². The van der Waals surface area contributed by atoms with Crippen LogP contribution in [0.5, 0.6) is 0 Å². The summed E-state index contributed by atoms with van der Waals surface area (Å²) in [5.74, 6) is 0. The van der Waals surface area contributed by atoms with Crippen LogP contribution in [0.25, 0.3) is 0 Å². The second kappa shape index (κ2) is 5.81. The fourth-order valence-electron chi connectivity index (χ4n) is 2.96. The van der Waals surface area contributed by atoms with Crippen LogP contribution in [-0.4, -0.2) is 50.2 Å². The molecular formula is C15H23FN2. The first-order valence-corrected chi connectivity index (χ1v) is 6.61. The summed E-state index contributed by atoms with van der Waals surface area (Å²) in [7, 11) is 4.05. The maximum atomic E-state index is 13.4. The van der Waals surface area contributed by atoms with Crippen LogP contribution in [0.4, 0.5) is 4.39 Å². The molecule has 0 saturated carbocycles. The number of hydrogen-bond donors (Lipinski definition) is 0. The Morgan fingerprint density at radius 1 is 1.28 bits per heavy atom. The number of nitrogens with zero attached hydrogens (tertiary/aromatic N) is 2. The minimum atomic E-state index is -0.212. The molecule has 0 radical (unpaired) electrons. The molecule has 18 heavy (non-hydrogen) atoms. The number of hydrogen-bond acceptors (Lipinski definition) is 2. The summed E-state index contributed by atoms with van der Waals surface area (Å²) < 4.78 is 13.4. The van der Waals surface area contributed by atoms with Crippen LogP contribution in [0.15, 0.2) is 30.3 Å². The largest absolute Gasteiger partial charge is 0.309 e. The third-order valence-electron chi connectivity index (χ3n) is 3.70. The third-order valence-corrected chi connectivity index (χ3v) is 3.70. The molecule has 2 nitrogen and oxygen atoms in total. The summed E-state index contributed by atoms with van der Waals surface area (Å²) >= 11 is 0. The fourth-order valence-corrected chi connectivity index (χ4v) is 2.96. The molecule has 1 aliphatic heterocycles. The zero-order chi connectivity index (χ0) is 13.0. The third kappa shape index (κ3) is 3.30. The van der Waals surface area contributed by atoms with Crippen molar-refractivity contribution in [3.05, 3.63) is 35.9 Å². The smallest absolute Gasteiger partial charge is 0.0975 e. The highest BCUT2D eigenvalue weighted by Gasteiger charge is 2.38. The molecule has 100 valence electrons. The van der Waals surface area contributed by atoms with Crippen LogP contribution in [0, 0.1) is 5.41 Å². The first kappa shape index (κ1) is 13.5. The van der Waals surface area contributed by atoms with Crippen LogP contribution in [0.2, 0.25) is 0 Å². The van der Waals surface area contributed by atoms with E-state index < -0.39 is 0 Å². The Hall–Kier alpha value is -0.930. The molecule has 1 fully saturated rings. The lowest BCUT2D eigenvalue weighted by Gasteiger charge is -2.29. The average Bonchev–Trinajstić information content (AvgIpc) is 2.73. The summed E-state index contributed by atoms with van der Waals surface area (Å²) in [6, 6.07) is 10.4. The van der Waals surface area contributed by atoms with Gasteiger partial charge < -0.3 is 4.90 Å². The number of alkyl halides is 1. The van der Waals surface area contributed by atoms with Crippen LogP contribution >= 0.6 is 0 Å². The van der Waals surface area contributed by atoms with Gasteiger partial charge in [0.15, 0.2) is 0 Å². The lowest BCUT2D eigenvalue weighted by Crippen LogP contribution is -2.38. The van der Waals surface area contributed by atoms with Gasteiger partial charge in [-0.05, 0) is 32.6 Å². The van der Waals surface area contributed by atoms with E-state index in [0.717, 1.165) is 32.6 Å². The van der Waals surface area contributed by atoms with Crippen LogP contribution < -0.4 is 0 Å². The highest BCUT2D eigenvalue weighted by atomic mass is 19.1. The van der Waals surface area contributed by atoms with Gasteiger partial charge in [0.25, 0.3) is 0 Å². The van der Waals surface area contributed by atoms with E-state index in [2.05, 4.69) is 34.1 Å². The van der Waals surface area contributed by atoms with Gasteiger partial charge in [-0.1, -0.05) is 30.3 Å². The van der Waals surface area contributed by atoms with Crippen molar-refractivity contribution in [3.63, 3.8) is 0 Å². The maximum absolute atomic E-state index is 13.4. The molecule has 0 aliphatic carbocycles. The fraction of sp³-hybridized carbons (Fsp3) is 0.600. The second-order valence-electron chi connectivity index (χ2n) is 5.82. The van der Waals surface area contributed by atoms with Crippen LogP contribution in [-0.2, 0) is 6.54 Å². The predicted molar refractivity (Wildman–Crippen MR) is 73.3 cm³/mol. The summed E-state index contributed by atoms with van der Waals surface area (Å²) in [5.41, 5.74) is 1.16. The van der Waals surface area contributed by atoms with Crippen molar-refractivity contribution in [1.29, 1.82) is 0 Å². The molecule has 0 bridgehead atoms. The maximum Gasteiger partial charge on any atom is 0.0975 e. The van der Waals surface area contributed by atoms with Gasteiger partial charge in [-0.3, -0.25) is 9.29 Å². The van der Waals surface area contributed by atoms with Crippen molar-refractivity contribution in [2.75, 3.05) is 40.4 Å². The molecule has 1 unspecified atom stereocenters. The summed E-state index contributed by atoms with van der Waals surface area (Å²) in [6.45, 7) is 3.45. The molecule has 1 aliphatic rings. The average molecular weight is 250 g/mol. The first-order valence-electron chi connectivity index (χ1n) is 6.61. The topological polar surface area (TPSA) is 6.48 Å². The Morgan fingerprint density at radius 2 is 2.00 bits per heavy atom. The van der Waals surface area contributed by atoms with Gasteiger partial charge >= 0.3 is 0 Å². The zero-order valence-corrected chi connectivity index (χ0v) is 11.4. The SMILES string of the molecule is CN(C)CC1(CF)CCN(Cc2ccccc2)C1. The van der Waals surface area contributed by atoms with Crippen molar-refractivity contribution in [3.8, 4) is 0 Å². The van der Waals surface area contributed by atoms with E-state index in [1.807, 2.05) is 20.2 Å². The van der Waals surface area contributed by atoms with E-state index in [-0.39, 0.29) is 12.1 Å². The Labute approximate surface area is 109 Å². The van der Waals surface area contributed by atoms with Gasteiger partial charge in [-0.2, -0.15) is 0 Å². The van der Waals surface area contributed by atoms with E-state index in [1.165, 1.54) is 5.56 Å². The van der Waals surface area contributed by atoms with Gasteiger partial charge in [-0.25, -0.2) is 0 Å². The van der Waals surface area contributed by atoms with Crippen molar-refractivity contribution in [2.24, 2.45) is 5.41 Å². The van der Waals surface area contributed by atoms with Gasteiger partial charge in [0.2, 0.25) is 0 Å². The number of benzene rings is 1. The molecule has 1 heterocycles. The molecule has 1 aromatic carbocycles. The van der Waals surface area contributed by atoms with Crippen molar-refractivity contribution >= 4 is 0 Å². The molecule has 1 saturated heterocycles. The van der Waals surface area contributed by atoms with E-state index in [9.17, 15) is 4.39 Å². The van der Waals surface area contributed by atoms with Gasteiger partial charge in [0, 0.05) is 25.0 Å². The Bertz CT molecular complexity index is 366. The molecule has 0 amide bonds. The molecule has 0 N–H and O–H groups in total. The van der Waals surface area contributed by atoms with E-state index in [4.69, 9.17) is 0 Å². The highest BCUT2D eigenvalue weighted by molar-refractivity contribution is 5.14. The molecule has 1 atom stereocenters. The number of rotatable bonds is 5. The van der Waals surface area contributed by atoms with Crippen molar-refractivity contribution in [1.82, 2.24) is 9.80 Å². The number of likely N-dealkylation sites (tertiary alicyclic amines) is 1. The molecule has 1 aromatic rings. The summed E-state index contributed by atoms with van der Waals surface area (Å²) in [5, 5.41) is 0. The second-order valence-corrected chi connectivity index (χ2v) is 5.82.